The topological polar surface area (TPSA) is 84.2 Å². The van der Waals surface area contributed by atoms with Crippen LogP contribution < -0.4 is 5.32 Å². The molecule has 2 N–H and O–H groups in total. The van der Waals surface area contributed by atoms with Crippen molar-refractivity contribution >= 4 is 23.5 Å². The lowest BCUT2D eigenvalue weighted by atomic mass is 9.95. The number of hydrogen-bond donors (Lipinski definition) is 2. The quantitative estimate of drug-likeness (QED) is 0.662. The van der Waals surface area contributed by atoms with Gasteiger partial charge in [0.05, 0.1) is 11.4 Å². The van der Waals surface area contributed by atoms with Crippen molar-refractivity contribution in [3.05, 3.63) is 57.9 Å². The van der Waals surface area contributed by atoms with Crippen LogP contribution in [-0.4, -0.2) is 32.8 Å². The first-order chi connectivity index (χ1) is 13.8. The molecule has 7 heteroatoms. The number of aryl methyl sites for hydroxylation is 2. The molecule has 2 aromatic rings. The second-order valence-electron chi connectivity index (χ2n) is 7.58. The number of carboxylic acids is 1. The zero-order chi connectivity index (χ0) is 21.1. The fourth-order valence-corrected chi connectivity index (χ4v) is 4.21. The molecule has 154 valence electrons. The number of allylic oxidation sites excluding steroid dienone is 1. The van der Waals surface area contributed by atoms with Gasteiger partial charge in [0.2, 0.25) is 5.91 Å². The van der Waals surface area contributed by atoms with Crippen molar-refractivity contribution in [2.75, 3.05) is 0 Å². The number of rotatable bonds is 7. The van der Waals surface area contributed by atoms with Crippen LogP contribution in [0.1, 0.15) is 54.1 Å². The molecule has 3 rings (SSSR count). The highest BCUT2D eigenvalue weighted by Gasteiger charge is 2.27. The molecule has 1 heterocycles. The zero-order valence-corrected chi connectivity index (χ0v) is 17.7. The maximum Gasteiger partial charge on any atom is 0.303 e. The van der Waals surface area contributed by atoms with Gasteiger partial charge in [0.1, 0.15) is 0 Å². The minimum atomic E-state index is -0.877. The van der Waals surface area contributed by atoms with E-state index in [0.717, 1.165) is 29.1 Å². The minimum absolute atomic E-state index is 0.0121. The van der Waals surface area contributed by atoms with Crippen LogP contribution in [0.2, 0.25) is 5.02 Å². The summed E-state index contributed by atoms with van der Waals surface area (Å²) in [5, 5.41) is 17.1. The van der Waals surface area contributed by atoms with E-state index in [2.05, 4.69) is 18.3 Å². The monoisotopic (exact) mass is 415 g/mol. The molecular weight excluding hydrogens is 390 g/mol. The predicted molar refractivity (Wildman–Crippen MR) is 113 cm³/mol. The SMILES string of the molecule is Cc1cc(Cl)ccc1-n1nc(C)c([C@@H]2C=C[C@@H](NC(=O)CCCC(=O)O)C2)c1C. The average molecular weight is 416 g/mol. The highest BCUT2D eigenvalue weighted by Crippen LogP contribution is 2.34. The number of carbonyl (C=O) groups is 2. The predicted octanol–water partition coefficient (Wildman–Crippen LogP) is 4.23. The Bertz CT molecular complexity index is 964. The Kier molecular flexibility index (Phi) is 6.42. The Balaban J connectivity index is 1.69. The van der Waals surface area contributed by atoms with E-state index in [1.807, 2.05) is 42.8 Å². The van der Waals surface area contributed by atoms with Crippen molar-refractivity contribution in [3.8, 4) is 5.69 Å². The molecule has 0 spiro atoms. The molecule has 0 fully saturated rings. The van der Waals surface area contributed by atoms with E-state index >= 15 is 0 Å². The van der Waals surface area contributed by atoms with Crippen molar-refractivity contribution in [3.63, 3.8) is 0 Å². The largest absolute Gasteiger partial charge is 0.481 e. The van der Waals surface area contributed by atoms with Crippen molar-refractivity contribution < 1.29 is 14.7 Å². The Morgan fingerprint density at radius 3 is 2.69 bits per heavy atom. The van der Waals surface area contributed by atoms with E-state index in [9.17, 15) is 9.59 Å². The van der Waals surface area contributed by atoms with Gasteiger partial charge in [-0.1, -0.05) is 23.8 Å². The number of carboxylic acid groups (broad SMARTS) is 1. The third-order valence-corrected chi connectivity index (χ3v) is 5.56. The van der Waals surface area contributed by atoms with E-state index in [1.54, 1.807) is 0 Å². The minimum Gasteiger partial charge on any atom is -0.481 e. The van der Waals surface area contributed by atoms with Gasteiger partial charge in [-0.25, -0.2) is 4.68 Å². The Hall–Kier alpha value is -2.60. The number of hydrogen-bond acceptors (Lipinski definition) is 3. The second-order valence-corrected chi connectivity index (χ2v) is 8.01. The van der Waals surface area contributed by atoms with Gasteiger partial charge in [-0.05, 0) is 57.4 Å². The first-order valence-electron chi connectivity index (χ1n) is 9.78. The standard InChI is InChI=1S/C22H26ClN3O3/c1-13-11-17(23)8-10-19(13)26-15(3)22(14(2)25-26)16-7-9-18(12-16)24-20(27)5-4-6-21(28)29/h7-11,16,18H,4-6,12H2,1-3H3,(H,24,27)(H,28,29)/t16-,18-/m1/s1. The second kappa shape index (κ2) is 8.82. The summed E-state index contributed by atoms with van der Waals surface area (Å²) in [5.41, 5.74) is 5.30. The molecule has 29 heavy (non-hydrogen) atoms. The first-order valence-corrected chi connectivity index (χ1v) is 10.2. The van der Waals surface area contributed by atoms with Gasteiger partial charge in [0.15, 0.2) is 0 Å². The molecule has 2 atom stereocenters. The summed E-state index contributed by atoms with van der Waals surface area (Å²) >= 11 is 6.09. The van der Waals surface area contributed by atoms with Crippen molar-refractivity contribution in [2.24, 2.45) is 0 Å². The van der Waals surface area contributed by atoms with Crippen molar-refractivity contribution in [1.82, 2.24) is 15.1 Å². The maximum atomic E-state index is 12.0. The van der Waals surface area contributed by atoms with Gasteiger partial charge < -0.3 is 10.4 Å². The van der Waals surface area contributed by atoms with Crippen molar-refractivity contribution in [2.45, 2.75) is 58.4 Å². The van der Waals surface area contributed by atoms with Gasteiger partial charge in [-0.2, -0.15) is 5.10 Å². The summed E-state index contributed by atoms with van der Waals surface area (Å²) < 4.78 is 1.96. The Morgan fingerprint density at radius 2 is 2.00 bits per heavy atom. The highest BCUT2D eigenvalue weighted by atomic mass is 35.5. The van der Waals surface area contributed by atoms with Crippen molar-refractivity contribution in [1.29, 1.82) is 0 Å². The average Bonchev–Trinajstić information content (AvgIpc) is 3.18. The number of benzene rings is 1. The number of amides is 1. The van der Waals surface area contributed by atoms with E-state index < -0.39 is 5.97 Å². The van der Waals surface area contributed by atoms with Crippen LogP contribution in [0.3, 0.4) is 0 Å². The van der Waals surface area contributed by atoms with Gasteiger partial charge >= 0.3 is 5.97 Å². The number of aromatic nitrogens is 2. The molecule has 0 aliphatic heterocycles. The smallest absolute Gasteiger partial charge is 0.303 e. The molecule has 0 radical (unpaired) electrons. The molecule has 1 aromatic heterocycles. The number of aliphatic carboxylic acids is 1. The normalized spacial score (nSPS) is 18.2. The summed E-state index contributed by atoms with van der Waals surface area (Å²) in [7, 11) is 0. The van der Waals surface area contributed by atoms with Crippen LogP contribution in [0.25, 0.3) is 5.69 Å². The lowest BCUT2D eigenvalue weighted by Crippen LogP contribution is -2.32. The summed E-state index contributed by atoms with van der Waals surface area (Å²) in [6, 6.07) is 5.73. The maximum absolute atomic E-state index is 12.0. The van der Waals surface area contributed by atoms with E-state index in [-0.39, 0.29) is 30.7 Å². The summed E-state index contributed by atoms with van der Waals surface area (Å²) in [6.07, 6.45) is 5.51. The number of nitrogens with one attached hydrogen (secondary N) is 1. The fraction of sp³-hybridized carbons (Fsp3) is 0.409. The lowest BCUT2D eigenvalue weighted by molar-refractivity contribution is -0.137. The summed E-state index contributed by atoms with van der Waals surface area (Å²) in [5.74, 6) is -0.805. The highest BCUT2D eigenvalue weighted by molar-refractivity contribution is 6.30. The molecule has 1 aromatic carbocycles. The van der Waals surface area contributed by atoms with Gasteiger partial charge in [-0.15, -0.1) is 0 Å². The number of halogens is 1. The molecule has 1 aliphatic carbocycles. The first kappa shape index (κ1) is 21.1. The molecule has 1 aliphatic rings. The number of carbonyl (C=O) groups excluding carboxylic acids is 1. The molecule has 6 nitrogen and oxygen atoms in total. The molecular formula is C22H26ClN3O3. The van der Waals surface area contributed by atoms with Crippen LogP contribution in [-0.2, 0) is 9.59 Å². The van der Waals surface area contributed by atoms with Crippen LogP contribution in [0.4, 0.5) is 0 Å². The van der Waals surface area contributed by atoms with E-state index in [1.165, 1.54) is 5.56 Å². The van der Waals surface area contributed by atoms with Gasteiger partial charge in [0.25, 0.3) is 0 Å². The molecule has 0 bridgehead atoms. The number of nitrogens with zero attached hydrogens (tertiary/aromatic N) is 2. The summed E-state index contributed by atoms with van der Waals surface area (Å²) in [4.78, 5) is 22.6. The molecule has 0 saturated heterocycles. The van der Waals surface area contributed by atoms with Gasteiger partial charge in [-0.3, -0.25) is 9.59 Å². The Labute approximate surface area is 175 Å². The van der Waals surface area contributed by atoms with E-state index in [0.29, 0.717) is 11.4 Å². The summed E-state index contributed by atoms with van der Waals surface area (Å²) in [6.45, 7) is 6.09. The third kappa shape index (κ3) is 4.88. The van der Waals surface area contributed by atoms with E-state index in [4.69, 9.17) is 21.8 Å². The van der Waals surface area contributed by atoms with Crippen LogP contribution in [0, 0.1) is 20.8 Å². The molecule has 1 amide bonds. The van der Waals surface area contributed by atoms with Crippen LogP contribution in [0.5, 0.6) is 0 Å². The Morgan fingerprint density at radius 1 is 1.24 bits per heavy atom. The zero-order valence-electron chi connectivity index (χ0n) is 16.9. The molecule has 0 unspecified atom stereocenters. The fourth-order valence-electron chi connectivity index (χ4n) is 3.98. The molecule has 0 saturated carbocycles. The van der Waals surface area contributed by atoms with Crippen LogP contribution in [0.15, 0.2) is 30.4 Å². The lowest BCUT2D eigenvalue weighted by Gasteiger charge is -2.15. The van der Waals surface area contributed by atoms with Crippen LogP contribution >= 0.6 is 11.6 Å². The third-order valence-electron chi connectivity index (χ3n) is 5.33. The van der Waals surface area contributed by atoms with Gasteiger partial charge in [0, 0.05) is 41.1 Å².